The van der Waals surface area contributed by atoms with Gasteiger partial charge >= 0.3 is 0 Å². The molecule has 1 atom stereocenters. The summed E-state index contributed by atoms with van der Waals surface area (Å²) in [5.74, 6) is 1.65. The molecule has 2 rings (SSSR count). The zero-order chi connectivity index (χ0) is 13.8. The van der Waals surface area contributed by atoms with Crippen molar-refractivity contribution in [3.8, 4) is 11.5 Å². The average Bonchev–Trinajstić information content (AvgIpc) is 2.90. The first-order valence-corrected chi connectivity index (χ1v) is 6.15. The molecule has 1 aromatic carbocycles. The summed E-state index contributed by atoms with van der Waals surface area (Å²) >= 11 is 6.10. The fourth-order valence-corrected chi connectivity index (χ4v) is 2.16. The Bertz CT molecular complexity index is 537. The van der Waals surface area contributed by atoms with Gasteiger partial charge < -0.3 is 19.0 Å². The van der Waals surface area contributed by atoms with E-state index in [0.29, 0.717) is 34.3 Å². The summed E-state index contributed by atoms with van der Waals surface area (Å²) < 4.78 is 15.6. The molecular formula is C14H15ClO4. The summed E-state index contributed by atoms with van der Waals surface area (Å²) in [6.07, 6.45) is 1.23. The van der Waals surface area contributed by atoms with Gasteiger partial charge in [-0.25, -0.2) is 0 Å². The zero-order valence-electron chi connectivity index (χ0n) is 10.7. The number of aliphatic hydroxyl groups excluding tert-OH is 1. The number of ether oxygens (including phenoxy) is 2. The molecule has 0 aliphatic heterocycles. The third-order valence-electron chi connectivity index (χ3n) is 2.82. The summed E-state index contributed by atoms with van der Waals surface area (Å²) in [5, 5.41) is 10.6. The minimum Gasteiger partial charge on any atom is -0.493 e. The van der Waals surface area contributed by atoms with E-state index in [1.165, 1.54) is 14.2 Å². The maximum absolute atomic E-state index is 10.2. The smallest absolute Gasteiger partial charge is 0.179 e. The molecule has 4 nitrogen and oxygen atoms in total. The van der Waals surface area contributed by atoms with E-state index in [4.69, 9.17) is 25.5 Å². The van der Waals surface area contributed by atoms with E-state index >= 15 is 0 Å². The van der Waals surface area contributed by atoms with Crippen molar-refractivity contribution < 1.29 is 19.0 Å². The lowest BCUT2D eigenvalue weighted by Crippen LogP contribution is -2.02. The Kier molecular flexibility index (Phi) is 4.35. The van der Waals surface area contributed by atoms with Gasteiger partial charge in [0.15, 0.2) is 11.5 Å². The number of furan rings is 1. The molecule has 1 unspecified atom stereocenters. The second-order valence-corrected chi connectivity index (χ2v) is 4.44. The summed E-state index contributed by atoms with van der Waals surface area (Å²) in [6, 6.07) is 6.96. The van der Waals surface area contributed by atoms with Crippen LogP contribution >= 0.6 is 11.6 Å². The predicted octanol–water partition coefficient (Wildman–Crippen LogP) is 3.23. The molecule has 5 heteroatoms. The van der Waals surface area contributed by atoms with Crippen molar-refractivity contribution in [1.29, 1.82) is 0 Å². The van der Waals surface area contributed by atoms with E-state index in [2.05, 4.69) is 0 Å². The van der Waals surface area contributed by atoms with Crippen molar-refractivity contribution in [2.45, 2.75) is 12.5 Å². The van der Waals surface area contributed by atoms with E-state index in [-0.39, 0.29) is 0 Å². The van der Waals surface area contributed by atoms with E-state index in [9.17, 15) is 5.11 Å². The first-order valence-electron chi connectivity index (χ1n) is 5.77. The number of rotatable bonds is 5. The standard InChI is InChI=1S/C14H15ClO4/c1-17-13-7-9(6-11(15)14(13)18-2)12(16)8-10-4-3-5-19-10/h3-7,12,16H,8H2,1-2H3. The van der Waals surface area contributed by atoms with Gasteiger partial charge in [-0.2, -0.15) is 0 Å². The maximum Gasteiger partial charge on any atom is 0.179 e. The normalized spacial score (nSPS) is 12.2. The molecule has 0 spiro atoms. The molecule has 0 aliphatic carbocycles. The van der Waals surface area contributed by atoms with Gasteiger partial charge in [-0.05, 0) is 29.8 Å². The Morgan fingerprint density at radius 2 is 2.11 bits per heavy atom. The minimum absolute atomic E-state index is 0.374. The van der Waals surface area contributed by atoms with Crippen LogP contribution in [-0.4, -0.2) is 19.3 Å². The van der Waals surface area contributed by atoms with Crippen LogP contribution in [-0.2, 0) is 6.42 Å². The van der Waals surface area contributed by atoms with Crippen molar-refractivity contribution in [2.75, 3.05) is 14.2 Å². The highest BCUT2D eigenvalue weighted by atomic mass is 35.5. The molecule has 19 heavy (non-hydrogen) atoms. The first-order chi connectivity index (χ1) is 9.15. The third-order valence-corrected chi connectivity index (χ3v) is 3.10. The van der Waals surface area contributed by atoms with Gasteiger partial charge in [-0.15, -0.1) is 0 Å². The number of aliphatic hydroxyl groups is 1. The van der Waals surface area contributed by atoms with Crippen LogP contribution in [0.1, 0.15) is 17.4 Å². The summed E-state index contributed by atoms with van der Waals surface area (Å²) in [4.78, 5) is 0. The van der Waals surface area contributed by atoms with Crippen LogP contribution in [0, 0.1) is 0 Å². The van der Waals surface area contributed by atoms with Gasteiger partial charge in [0.05, 0.1) is 31.6 Å². The molecule has 0 aliphatic rings. The second kappa shape index (κ2) is 5.99. The Hall–Kier alpha value is -1.65. The van der Waals surface area contributed by atoms with Gasteiger partial charge in [0.25, 0.3) is 0 Å². The molecule has 1 N–H and O–H groups in total. The molecule has 1 heterocycles. The number of hydrogen-bond donors (Lipinski definition) is 1. The molecule has 0 amide bonds. The van der Waals surface area contributed by atoms with Crippen LogP contribution in [0.25, 0.3) is 0 Å². The first kappa shape index (κ1) is 13.8. The van der Waals surface area contributed by atoms with Crippen molar-refractivity contribution in [3.63, 3.8) is 0 Å². The quantitative estimate of drug-likeness (QED) is 0.915. The Labute approximate surface area is 116 Å². The van der Waals surface area contributed by atoms with Gasteiger partial charge in [-0.1, -0.05) is 11.6 Å². The third kappa shape index (κ3) is 3.03. The summed E-state index contributed by atoms with van der Waals surface area (Å²) in [5.41, 5.74) is 0.652. The highest BCUT2D eigenvalue weighted by molar-refractivity contribution is 6.32. The fourth-order valence-electron chi connectivity index (χ4n) is 1.87. The lowest BCUT2D eigenvalue weighted by atomic mass is 10.0. The van der Waals surface area contributed by atoms with Crippen LogP contribution in [0.4, 0.5) is 0 Å². The summed E-state index contributed by atoms with van der Waals surface area (Å²) in [7, 11) is 3.04. The predicted molar refractivity (Wildman–Crippen MR) is 71.9 cm³/mol. The van der Waals surface area contributed by atoms with E-state index in [1.54, 1.807) is 24.5 Å². The number of methoxy groups -OCH3 is 2. The van der Waals surface area contributed by atoms with Gasteiger partial charge in [0.1, 0.15) is 5.76 Å². The molecular weight excluding hydrogens is 268 g/mol. The lowest BCUT2D eigenvalue weighted by Gasteiger charge is -2.15. The SMILES string of the molecule is COc1cc(C(O)Cc2ccco2)cc(Cl)c1OC. The van der Waals surface area contributed by atoms with Crippen molar-refractivity contribution in [3.05, 3.63) is 46.9 Å². The van der Waals surface area contributed by atoms with Crippen LogP contribution in [0.3, 0.4) is 0 Å². The molecule has 2 aromatic rings. The van der Waals surface area contributed by atoms with Crippen molar-refractivity contribution >= 4 is 11.6 Å². The largest absolute Gasteiger partial charge is 0.493 e. The van der Waals surface area contributed by atoms with Crippen LogP contribution in [0.15, 0.2) is 34.9 Å². The number of benzene rings is 1. The van der Waals surface area contributed by atoms with Crippen LogP contribution in [0.2, 0.25) is 5.02 Å². The fraction of sp³-hybridized carbons (Fsp3) is 0.286. The van der Waals surface area contributed by atoms with E-state index in [1.807, 2.05) is 6.07 Å². The second-order valence-electron chi connectivity index (χ2n) is 4.04. The zero-order valence-corrected chi connectivity index (χ0v) is 11.5. The molecule has 102 valence electrons. The molecule has 0 radical (unpaired) electrons. The number of hydrogen-bond acceptors (Lipinski definition) is 4. The van der Waals surface area contributed by atoms with Gasteiger partial charge in [0, 0.05) is 6.42 Å². The van der Waals surface area contributed by atoms with Crippen LogP contribution < -0.4 is 9.47 Å². The topological polar surface area (TPSA) is 51.8 Å². The molecule has 1 aromatic heterocycles. The maximum atomic E-state index is 10.2. The molecule has 0 fully saturated rings. The van der Waals surface area contributed by atoms with Crippen LogP contribution in [0.5, 0.6) is 11.5 Å². The van der Waals surface area contributed by atoms with Crippen molar-refractivity contribution in [2.24, 2.45) is 0 Å². The molecule has 0 bridgehead atoms. The van der Waals surface area contributed by atoms with Crippen molar-refractivity contribution in [1.82, 2.24) is 0 Å². The monoisotopic (exact) mass is 282 g/mol. The lowest BCUT2D eigenvalue weighted by molar-refractivity contribution is 0.170. The molecule has 0 saturated carbocycles. The minimum atomic E-state index is -0.719. The van der Waals surface area contributed by atoms with Gasteiger partial charge in [0.2, 0.25) is 0 Å². The average molecular weight is 283 g/mol. The highest BCUT2D eigenvalue weighted by Gasteiger charge is 2.16. The summed E-state index contributed by atoms with van der Waals surface area (Å²) in [6.45, 7) is 0. The van der Waals surface area contributed by atoms with E-state index < -0.39 is 6.10 Å². The highest BCUT2D eigenvalue weighted by Crippen LogP contribution is 2.38. The van der Waals surface area contributed by atoms with E-state index in [0.717, 1.165) is 0 Å². The number of halogens is 1. The molecule has 0 saturated heterocycles. The Morgan fingerprint density at radius 1 is 1.32 bits per heavy atom. The Balaban J connectivity index is 2.27. The Morgan fingerprint density at radius 3 is 2.68 bits per heavy atom. The van der Waals surface area contributed by atoms with Gasteiger partial charge in [-0.3, -0.25) is 0 Å².